The number of Topliss-reactive ketones (excluding diaryl/α,β-unsaturated/α-hetero) is 1. The zero-order chi connectivity index (χ0) is 23.5. The molecule has 3 heteroatoms. The van der Waals surface area contributed by atoms with Crippen molar-refractivity contribution in [2.75, 3.05) is 0 Å². The zero-order valence-electron chi connectivity index (χ0n) is 21.7. The minimum atomic E-state index is -0.552. The summed E-state index contributed by atoms with van der Waals surface area (Å²) in [5.41, 5.74) is 1.58. The molecule has 0 aromatic carbocycles. The first-order valence-electron chi connectivity index (χ1n) is 13.4. The van der Waals surface area contributed by atoms with Gasteiger partial charge in [0.15, 0.2) is 5.78 Å². The van der Waals surface area contributed by atoms with E-state index in [0.717, 1.165) is 30.1 Å². The van der Waals surface area contributed by atoms with Gasteiger partial charge in [-0.25, -0.2) is 0 Å². The second-order valence-corrected chi connectivity index (χ2v) is 13.4. The first-order chi connectivity index (χ1) is 15.0. The maximum Gasteiger partial charge on any atom is 0.190 e. The molecule has 3 fully saturated rings. The van der Waals surface area contributed by atoms with Gasteiger partial charge in [0.05, 0.1) is 5.41 Å². The fraction of sp³-hybridized carbons (Fsp3) is 0.862. The Morgan fingerprint density at radius 3 is 2.44 bits per heavy atom. The lowest BCUT2D eigenvalue weighted by molar-refractivity contribution is -0.122. The molecule has 0 aromatic heterocycles. The van der Waals surface area contributed by atoms with Gasteiger partial charge in [-0.15, -0.1) is 0 Å². The quantitative estimate of drug-likeness (QED) is 0.270. The number of fused-ring (bicyclic) bond motifs is 5. The SMILES string of the molecule is CC(C)CCC[C@H](C)[C@H]1CC[C@H]2[C@@H]3CC=C4C(C)(C)C(=O)/C(=N/O)C[C@]4(C)[C@H]3CC[C@]12C. The smallest absolute Gasteiger partial charge is 0.190 e. The molecule has 0 amide bonds. The van der Waals surface area contributed by atoms with Crippen LogP contribution in [-0.2, 0) is 4.79 Å². The molecule has 180 valence electrons. The van der Waals surface area contributed by atoms with Gasteiger partial charge in [-0.1, -0.05) is 70.7 Å². The molecule has 1 N–H and O–H groups in total. The summed E-state index contributed by atoms with van der Waals surface area (Å²) in [7, 11) is 0. The van der Waals surface area contributed by atoms with Gasteiger partial charge in [0.2, 0.25) is 0 Å². The van der Waals surface area contributed by atoms with E-state index < -0.39 is 5.41 Å². The Hall–Kier alpha value is -1.12. The number of nitrogens with zero attached hydrogens (tertiary/aromatic N) is 1. The first kappa shape index (κ1) is 24.0. The van der Waals surface area contributed by atoms with E-state index >= 15 is 0 Å². The van der Waals surface area contributed by atoms with Crippen LogP contribution in [0.2, 0.25) is 0 Å². The van der Waals surface area contributed by atoms with Crippen LogP contribution in [0.25, 0.3) is 0 Å². The number of hydrogen-bond acceptors (Lipinski definition) is 3. The van der Waals surface area contributed by atoms with Gasteiger partial charge in [-0.05, 0) is 92.3 Å². The summed E-state index contributed by atoms with van der Waals surface area (Å²) < 4.78 is 0. The third-order valence-corrected chi connectivity index (χ3v) is 10.8. The summed E-state index contributed by atoms with van der Waals surface area (Å²) in [5.74, 6) is 4.61. The van der Waals surface area contributed by atoms with E-state index in [1.54, 1.807) is 0 Å². The molecular weight excluding hydrogens is 394 g/mol. The normalized spacial score (nSPS) is 42.9. The van der Waals surface area contributed by atoms with Crippen molar-refractivity contribution in [3.63, 3.8) is 0 Å². The maximum atomic E-state index is 13.0. The standard InChI is InChI=1S/C29H47NO2/c1-18(2)9-8-10-19(3)21-12-13-22-20-11-14-25-27(4,5)26(31)24(30-32)17-29(25,7)23(20)15-16-28(21,22)6/h14,18-23,32H,8-13,15-17H2,1-7H3/b30-24+/t19-,20-,21+,22-,23-,28+,29+/m0/s1. The van der Waals surface area contributed by atoms with E-state index in [-0.39, 0.29) is 11.2 Å². The van der Waals surface area contributed by atoms with Crippen molar-refractivity contribution in [1.82, 2.24) is 0 Å². The van der Waals surface area contributed by atoms with Gasteiger partial charge in [0, 0.05) is 6.42 Å². The Balaban J connectivity index is 1.59. The van der Waals surface area contributed by atoms with Crippen molar-refractivity contribution in [3.8, 4) is 0 Å². The highest BCUT2D eigenvalue weighted by atomic mass is 16.4. The average molecular weight is 442 g/mol. The predicted octanol–water partition coefficient (Wildman–Crippen LogP) is 7.67. The number of rotatable bonds is 5. The van der Waals surface area contributed by atoms with Crippen LogP contribution < -0.4 is 0 Å². The molecule has 4 aliphatic carbocycles. The molecular formula is C29H47NO2. The van der Waals surface area contributed by atoms with Crippen LogP contribution >= 0.6 is 0 Å². The van der Waals surface area contributed by atoms with Crippen molar-refractivity contribution >= 4 is 11.5 Å². The van der Waals surface area contributed by atoms with Crippen molar-refractivity contribution in [2.45, 2.75) is 106 Å². The Bertz CT molecular complexity index is 808. The fourth-order valence-corrected chi connectivity index (χ4v) is 9.31. The zero-order valence-corrected chi connectivity index (χ0v) is 21.7. The van der Waals surface area contributed by atoms with Gasteiger partial charge in [0.1, 0.15) is 5.71 Å². The largest absolute Gasteiger partial charge is 0.411 e. The Labute approximate surface area is 196 Å². The van der Waals surface area contributed by atoms with Crippen LogP contribution in [-0.4, -0.2) is 16.7 Å². The summed E-state index contributed by atoms with van der Waals surface area (Å²) in [4.78, 5) is 13.0. The molecule has 4 aliphatic rings. The molecule has 0 aromatic rings. The van der Waals surface area contributed by atoms with Gasteiger partial charge < -0.3 is 5.21 Å². The van der Waals surface area contributed by atoms with Crippen LogP contribution in [0.3, 0.4) is 0 Å². The molecule has 0 saturated heterocycles. The Morgan fingerprint density at radius 2 is 1.78 bits per heavy atom. The van der Waals surface area contributed by atoms with Crippen LogP contribution in [0, 0.1) is 51.8 Å². The highest BCUT2D eigenvalue weighted by Gasteiger charge is 2.62. The fourth-order valence-electron chi connectivity index (χ4n) is 9.31. The van der Waals surface area contributed by atoms with Gasteiger partial charge in [-0.3, -0.25) is 4.79 Å². The highest BCUT2D eigenvalue weighted by Crippen LogP contribution is 2.68. The van der Waals surface area contributed by atoms with Gasteiger partial charge >= 0.3 is 0 Å². The number of allylic oxidation sites excluding steroid dienone is 2. The highest BCUT2D eigenvalue weighted by molar-refractivity contribution is 6.43. The lowest BCUT2D eigenvalue weighted by atomic mass is 9.44. The lowest BCUT2D eigenvalue weighted by Crippen LogP contribution is -2.56. The molecule has 0 heterocycles. The Morgan fingerprint density at radius 1 is 1.06 bits per heavy atom. The number of hydrogen-bond donors (Lipinski definition) is 1. The first-order valence-corrected chi connectivity index (χ1v) is 13.4. The third kappa shape index (κ3) is 3.52. The van der Waals surface area contributed by atoms with Crippen molar-refractivity contribution in [2.24, 2.45) is 56.9 Å². The second kappa shape index (κ2) is 8.27. The van der Waals surface area contributed by atoms with Crippen molar-refractivity contribution < 1.29 is 10.0 Å². The summed E-state index contributed by atoms with van der Waals surface area (Å²) in [6.45, 7) is 16.3. The van der Waals surface area contributed by atoms with E-state index in [4.69, 9.17) is 0 Å². The second-order valence-electron chi connectivity index (χ2n) is 13.4. The van der Waals surface area contributed by atoms with E-state index in [9.17, 15) is 10.0 Å². The maximum absolute atomic E-state index is 13.0. The Kier molecular flexibility index (Phi) is 6.21. The molecule has 3 saturated carbocycles. The minimum Gasteiger partial charge on any atom is -0.411 e. The monoisotopic (exact) mass is 441 g/mol. The summed E-state index contributed by atoms with van der Waals surface area (Å²) in [5, 5.41) is 13.1. The number of carbonyl (C=O) groups is 1. The minimum absolute atomic E-state index is 0.0129. The molecule has 0 unspecified atom stereocenters. The molecule has 3 nitrogen and oxygen atoms in total. The molecule has 0 bridgehead atoms. The molecule has 32 heavy (non-hydrogen) atoms. The van der Waals surface area contributed by atoms with E-state index in [0.29, 0.717) is 29.4 Å². The summed E-state index contributed by atoms with van der Waals surface area (Å²) in [6.07, 6.45) is 13.6. The summed E-state index contributed by atoms with van der Waals surface area (Å²) >= 11 is 0. The number of ketones is 1. The van der Waals surface area contributed by atoms with Crippen LogP contribution in [0.5, 0.6) is 0 Å². The number of oxime groups is 1. The van der Waals surface area contributed by atoms with Crippen LogP contribution in [0.15, 0.2) is 16.8 Å². The van der Waals surface area contributed by atoms with Crippen molar-refractivity contribution in [3.05, 3.63) is 11.6 Å². The predicted molar refractivity (Wildman–Crippen MR) is 132 cm³/mol. The van der Waals surface area contributed by atoms with E-state index in [1.807, 2.05) is 13.8 Å². The summed E-state index contributed by atoms with van der Waals surface area (Å²) in [6, 6.07) is 0. The van der Waals surface area contributed by atoms with Crippen LogP contribution in [0.4, 0.5) is 0 Å². The molecule has 0 radical (unpaired) electrons. The van der Waals surface area contributed by atoms with Gasteiger partial charge in [0.25, 0.3) is 0 Å². The molecule has 0 spiro atoms. The van der Waals surface area contributed by atoms with E-state index in [2.05, 4.69) is 45.9 Å². The number of carbonyl (C=O) groups excluding carboxylic acids is 1. The lowest BCUT2D eigenvalue weighted by Gasteiger charge is -2.60. The van der Waals surface area contributed by atoms with E-state index in [1.165, 1.54) is 50.5 Å². The molecule has 7 atom stereocenters. The van der Waals surface area contributed by atoms with Crippen LogP contribution in [0.1, 0.15) is 106 Å². The molecule has 4 rings (SSSR count). The topological polar surface area (TPSA) is 49.7 Å². The average Bonchev–Trinajstić information content (AvgIpc) is 3.08. The van der Waals surface area contributed by atoms with Crippen molar-refractivity contribution in [1.29, 1.82) is 0 Å². The molecule has 0 aliphatic heterocycles. The third-order valence-electron chi connectivity index (χ3n) is 10.8. The van der Waals surface area contributed by atoms with Gasteiger partial charge in [-0.2, -0.15) is 0 Å².